The van der Waals surface area contributed by atoms with Crippen molar-refractivity contribution in [3.63, 3.8) is 0 Å². The lowest BCUT2D eigenvalue weighted by molar-refractivity contribution is 0.0953. The van der Waals surface area contributed by atoms with Crippen molar-refractivity contribution in [3.8, 4) is 5.00 Å². The van der Waals surface area contributed by atoms with E-state index in [0.29, 0.717) is 6.54 Å². The molecule has 2 aromatic heterocycles. The minimum absolute atomic E-state index is 0.0116. The fourth-order valence-corrected chi connectivity index (χ4v) is 3.34. The summed E-state index contributed by atoms with van der Waals surface area (Å²) >= 11 is 1.60. The Morgan fingerprint density at radius 1 is 1.24 bits per heavy atom. The molecule has 4 nitrogen and oxygen atoms in total. The lowest BCUT2D eigenvalue weighted by Gasteiger charge is -2.12. The number of rotatable bonds is 6. The lowest BCUT2D eigenvalue weighted by atomic mass is 10.2. The van der Waals surface area contributed by atoms with Crippen molar-refractivity contribution in [2.75, 3.05) is 27.2 Å². The molecule has 0 atom stereocenters. The molecule has 0 bridgehead atoms. The number of aromatic nitrogens is 1. The van der Waals surface area contributed by atoms with Gasteiger partial charge in [0.1, 0.15) is 5.00 Å². The Balaban J connectivity index is 2.08. The standard InChI is InChI=1S/C16H23N3OS/c1-12-6-7-13(2)19(12)16-14(8-11-21-16)15(20)17-9-5-10-18(3)4/h6-8,11H,5,9-10H2,1-4H3,(H,17,20). The normalized spacial score (nSPS) is 11.1. The second kappa shape index (κ2) is 6.91. The van der Waals surface area contributed by atoms with Gasteiger partial charge in [-0.05, 0) is 64.5 Å². The van der Waals surface area contributed by atoms with Crippen LogP contribution in [0.25, 0.3) is 5.00 Å². The summed E-state index contributed by atoms with van der Waals surface area (Å²) in [5.74, 6) is 0.0116. The van der Waals surface area contributed by atoms with Gasteiger partial charge in [-0.3, -0.25) is 4.79 Å². The predicted molar refractivity (Wildman–Crippen MR) is 88.6 cm³/mol. The van der Waals surface area contributed by atoms with E-state index in [-0.39, 0.29) is 5.91 Å². The molecule has 1 amide bonds. The van der Waals surface area contributed by atoms with Gasteiger partial charge in [0.15, 0.2) is 0 Å². The van der Waals surface area contributed by atoms with Crippen LogP contribution in [0.3, 0.4) is 0 Å². The smallest absolute Gasteiger partial charge is 0.254 e. The van der Waals surface area contributed by atoms with Crippen LogP contribution in [0.5, 0.6) is 0 Å². The van der Waals surface area contributed by atoms with Crippen LogP contribution >= 0.6 is 11.3 Å². The summed E-state index contributed by atoms with van der Waals surface area (Å²) in [5.41, 5.74) is 3.06. The Morgan fingerprint density at radius 2 is 1.90 bits per heavy atom. The van der Waals surface area contributed by atoms with Gasteiger partial charge < -0.3 is 14.8 Å². The van der Waals surface area contributed by atoms with Gasteiger partial charge in [-0.15, -0.1) is 11.3 Å². The Hall–Kier alpha value is -1.59. The molecule has 0 unspecified atom stereocenters. The highest BCUT2D eigenvalue weighted by atomic mass is 32.1. The van der Waals surface area contributed by atoms with E-state index in [1.165, 1.54) is 0 Å². The lowest BCUT2D eigenvalue weighted by Crippen LogP contribution is -2.27. The van der Waals surface area contributed by atoms with Gasteiger partial charge in [-0.2, -0.15) is 0 Å². The molecule has 0 saturated carbocycles. The highest BCUT2D eigenvalue weighted by Crippen LogP contribution is 2.25. The van der Waals surface area contributed by atoms with E-state index in [4.69, 9.17) is 0 Å². The summed E-state index contributed by atoms with van der Waals surface area (Å²) < 4.78 is 2.14. The Bertz CT molecular complexity index is 593. The summed E-state index contributed by atoms with van der Waals surface area (Å²) in [6, 6.07) is 6.06. The van der Waals surface area contributed by atoms with Crippen LogP contribution in [0.15, 0.2) is 23.6 Å². The van der Waals surface area contributed by atoms with Crippen LogP contribution in [0, 0.1) is 13.8 Å². The van der Waals surface area contributed by atoms with Crippen molar-refractivity contribution in [1.29, 1.82) is 0 Å². The van der Waals surface area contributed by atoms with E-state index in [1.54, 1.807) is 11.3 Å². The van der Waals surface area contributed by atoms with Crippen molar-refractivity contribution in [3.05, 3.63) is 40.5 Å². The molecule has 114 valence electrons. The van der Waals surface area contributed by atoms with Gasteiger partial charge in [0.05, 0.1) is 5.56 Å². The minimum Gasteiger partial charge on any atom is -0.352 e. The molecule has 0 aliphatic rings. The molecule has 2 heterocycles. The maximum Gasteiger partial charge on any atom is 0.254 e. The van der Waals surface area contributed by atoms with Gasteiger partial charge in [-0.1, -0.05) is 0 Å². The van der Waals surface area contributed by atoms with Crippen molar-refractivity contribution in [2.24, 2.45) is 0 Å². The van der Waals surface area contributed by atoms with Crippen LogP contribution in [0.2, 0.25) is 0 Å². The molecule has 0 saturated heterocycles. The van der Waals surface area contributed by atoms with Gasteiger partial charge in [0.2, 0.25) is 0 Å². The second-order valence-electron chi connectivity index (χ2n) is 5.50. The van der Waals surface area contributed by atoms with Gasteiger partial charge in [-0.25, -0.2) is 0 Å². The molecule has 0 radical (unpaired) electrons. The molecule has 0 spiro atoms. The summed E-state index contributed by atoms with van der Waals surface area (Å²) in [7, 11) is 4.08. The Kier molecular flexibility index (Phi) is 5.20. The maximum atomic E-state index is 12.4. The van der Waals surface area contributed by atoms with Crippen LogP contribution in [-0.4, -0.2) is 42.6 Å². The molecular weight excluding hydrogens is 282 g/mol. The zero-order valence-corrected chi connectivity index (χ0v) is 14.0. The topological polar surface area (TPSA) is 37.3 Å². The average molecular weight is 305 g/mol. The number of hydrogen-bond donors (Lipinski definition) is 1. The van der Waals surface area contributed by atoms with E-state index in [1.807, 2.05) is 25.5 Å². The fraction of sp³-hybridized carbons (Fsp3) is 0.438. The van der Waals surface area contributed by atoms with Gasteiger partial charge in [0, 0.05) is 17.9 Å². The summed E-state index contributed by atoms with van der Waals surface area (Å²) in [5, 5.41) is 5.98. The third-order valence-electron chi connectivity index (χ3n) is 3.43. The number of carbonyl (C=O) groups excluding carboxylic acids is 1. The van der Waals surface area contributed by atoms with Crippen molar-refractivity contribution in [2.45, 2.75) is 20.3 Å². The third kappa shape index (κ3) is 3.74. The first-order valence-corrected chi connectivity index (χ1v) is 8.04. The number of hydrogen-bond acceptors (Lipinski definition) is 3. The number of nitrogens with one attached hydrogen (secondary N) is 1. The van der Waals surface area contributed by atoms with Crippen molar-refractivity contribution in [1.82, 2.24) is 14.8 Å². The molecule has 0 aromatic carbocycles. The monoisotopic (exact) mass is 305 g/mol. The molecule has 1 N–H and O–H groups in total. The first-order valence-electron chi connectivity index (χ1n) is 7.16. The Labute approximate surface area is 130 Å². The molecular formula is C16H23N3OS. The molecule has 0 aliphatic carbocycles. The average Bonchev–Trinajstić information content (AvgIpc) is 3.01. The molecule has 21 heavy (non-hydrogen) atoms. The molecule has 0 aliphatic heterocycles. The van der Waals surface area contributed by atoms with Gasteiger partial charge in [0.25, 0.3) is 5.91 Å². The number of aryl methyl sites for hydroxylation is 2. The number of carbonyl (C=O) groups is 1. The summed E-state index contributed by atoms with van der Waals surface area (Å²) in [6.45, 7) is 5.81. The number of nitrogens with zero attached hydrogens (tertiary/aromatic N) is 2. The number of amides is 1. The fourth-order valence-electron chi connectivity index (χ4n) is 2.33. The third-order valence-corrected chi connectivity index (χ3v) is 4.33. The van der Waals surface area contributed by atoms with Crippen LogP contribution < -0.4 is 5.32 Å². The SMILES string of the molecule is Cc1ccc(C)n1-c1sccc1C(=O)NCCCN(C)C. The first kappa shape index (κ1) is 15.8. The zero-order chi connectivity index (χ0) is 15.4. The van der Waals surface area contributed by atoms with E-state index in [2.05, 4.69) is 40.8 Å². The summed E-state index contributed by atoms with van der Waals surface area (Å²) in [4.78, 5) is 14.5. The van der Waals surface area contributed by atoms with E-state index in [0.717, 1.165) is 34.9 Å². The van der Waals surface area contributed by atoms with Crippen LogP contribution in [0.1, 0.15) is 28.2 Å². The van der Waals surface area contributed by atoms with Gasteiger partial charge >= 0.3 is 0 Å². The highest BCUT2D eigenvalue weighted by Gasteiger charge is 2.16. The van der Waals surface area contributed by atoms with E-state index < -0.39 is 0 Å². The summed E-state index contributed by atoms with van der Waals surface area (Å²) in [6.07, 6.45) is 0.958. The van der Waals surface area contributed by atoms with E-state index in [9.17, 15) is 4.79 Å². The molecule has 0 fully saturated rings. The van der Waals surface area contributed by atoms with Crippen molar-refractivity contribution < 1.29 is 4.79 Å². The van der Waals surface area contributed by atoms with Crippen LogP contribution in [-0.2, 0) is 0 Å². The highest BCUT2D eigenvalue weighted by molar-refractivity contribution is 7.13. The molecule has 2 rings (SSSR count). The zero-order valence-electron chi connectivity index (χ0n) is 13.1. The van der Waals surface area contributed by atoms with Crippen molar-refractivity contribution >= 4 is 17.2 Å². The minimum atomic E-state index is 0.0116. The maximum absolute atomic E-state index is 12.4. The van der Waals surface area contributed by atoms with E-state index >= 15 is 0 Å². The predicted octanol–water partition coefficient (Wildman–Crippen LogP) is 2.84. The molecule has 2 aromatic rings. The number of thiophene rings is 1. The second-order valence-corrected chi connectivity index (χ2v) is 6.40. The largest absolute Gasteiger partial charge is 0.352 e. The van der Waals surface area contributed by atoms with Crippen LogP contribution in [0.4, 0.5) is 0 Å². The quantitative estimate of drug-likeness (QED) is 0.833. The Morgan fingerprint density at radius 3 is 2.52 bits per heavy atom. The first-order chi connectivity index (χ1) is 10.0. The molecule has 5 heteroatoms.